The maximum atomic E-state index is 14.5. The monoisotopic (exact) mass is 549 g/mol. The fraction of sp³-hybridized carbons (Fsp3) is 0.467. The van der Waals surface area contributed by atoms with Gasteiger partial charge in [0.25, 0.3) is 5.09 Å². The standard InChI is InChI=1S/C30H28FNO6S/c31-21-3-1-20(2-4-21)26-25(27(33)30-13-17-9-18(14-30)11-19(10-17)15-30)23-6-5-22(12-24(23)39-26)38-28(34)29(7-8-29)16-37-32(35)36/h1-6,12,17-19H,7-11,13-16H2. The van der Waals surface area contributed by atoms with Crippen LogP contribution in [-0.4, -0.2) is 23.4 Å². The van der Waals surface area contributed by atoms with Crippen molar-refractivity contribution in [3.8, 4) is 16.2 Å². The van der Waals surface area contributed by atoms with Gasteiger partial charge in [-0.1, -0.05) is 12.1 Å². The molecule has 0 unspecified atom stereocenters. The topological polar surface area (TPSA) is 95.7 Å². The average Bonchev–Trinajstić information content (AvgIpc) is 3.60. The molecule has 0 spiro atoms. The third-order valence-corrected chi connectivity index (χ3v) is 10.7. The molecule has 5 saturated carbocycles. The van der Waals surface area contributed by atoms with E-state index in [1.54, 1.807) is 24.3 Å². The van der Waals surface area contributed by atoms with Crippen LogP contribution in [-0.2, 0) is 9.63 Å². The smallest absolute Gasteiger partial charge is 0.319 e. The number of halogens is 1. The predicted molar refractivity (Wildman–Crippen MR) is 142 cm³/mol. The fourth-order valence-electron chi connectivity index (χ4n) is 7.77. The largest absolute Gasteiger partial charge is 0.426 e. The van der Waals surface area contributed by atoms with E-state index >= 15 is 0 Å². The van der Waals surface area contributed by atoms with Gasteiger partial charge in [-0.3, -0.25) is 9.59 Å². The van der Waals surface area contributed by atoms with Crippen molar-refractivity contribution in [3.05, 3.63) is 64.0 Å². The first-order valence-electron chi connectivity index (χ1n) is 13.6. The van der Waals surface area contributed by atoms with Crippen LogP contribution in [0.5, 0.6) is 5.75 Å². The number of carbonyl (C=O) groups is 2. The van der Waals surface area contributed by atoms with E-state index in [0.717, 1.165) is 39.8 Å². The second-order valence-corrected chi connectivity index (χ2v) is 13.2. The number of ketones is 1. The Kier molecular flexibility index (Phi) is 5.60. The van der Waals surface area contributed by atoms with Gasteiger partial charge in [0.2, 0.25) is 0 Å². The van der Waals surface area contributed by atoms with Crippen molar-refractivity contribution in [3.63, 3.8) is 0 Å². The Morgan fingerprint density at radius 1 is 1.00 bits per heavy atom. The van der Waals surface area contributed by atoms with Gasteiger partial charge in [-0.05, 0) is 105 Å². The number of hydrogen-bond acceptors (Lipinski definition) is 7. The summed E-state index contributed by atoms with van der Waals surface area (Å²) in [6.07, 6.45) is 7.50. The molecule has 1 heterocycles. The Morgan fingerprint density at radius 3 is 2.23 bits per heavy atom. The van der Waals surface area contributed by atoms with Crippen molar-refractivity contribution in [2.45, 2.75) is 51.4 Å². The van der Waals surface area contributed by atoms with E-state index in [1.807, 2.05) is 6.07 Å². The minimum Gasteiger partial charge on any atom is -0.426 e. The Hall–Kier alpha value is -3.33. The molecule has 0 saturated heterocycles. The van der Waals surface area contributed by atoms with Crippen molar-refractivity contribution in [2.75, 3.05) is 6.61 Å². The Labute approximate surface area is 228 Å². The molecule has 0 radical (unpaired) electrons. The van der Waals surface area contributed by atoms with Gasteiger partial charge in [0.05, 0.1) is 5.41 Å². The molecule has 0 aliphatic heterocycles. The highest BCUT2D eigenvalue weighted by Gasteiger charge is 2.55. The van der Waals surface area contributed by atoms with E-state index in [-0.39, 0.29) is 23.6 Å². The number of nitrogens with zero attached hydrogens (tertiary/aromatic N) is 1. The van der Waals surface area contributed by atoms with E-state index in [9.17, 15) is 24.1 Å². The minimum atomic E-state index is -0.990. The molecule has 9 heteroatoms. The van der Waals surface area contributed by atoms with Crippen molar-refractivity contribution in [1.29, 1.82) is 0 Å². The van der Waals surface area contributed by atoms with Gasteiger partial charge < -0.3 is 9.57 Å². The lowest BCUT2D eigenvalue weighted by Gasteiger charge is -2.56. The number of esters is 1. The van der Waals surface area contributed by atoms with E-state index in [0.29, 0.717) is 41.9 Å². The molecule has 2 aromatic carbocycles. The third-order valence-electron chi connectivity index (χ3n) is 9.46. The minimum absolute atomic E-state index is 0.200. The highest BCUT2D eigenvalue weighted by atomic mass is 32.1. The summed E-state index contributed by atoms with van der Waals surface area (Å²) in [4.78, 5) is 43.3. The van der Waals surface area contributed by atoms with Gasteiger partial charge in [-0.25, -0.2) is 4.39 Å². The maximum Gasteiger partial charge on any atom is 0.319 e. The van der Waals surface area contributed by atoms with Gasteiger partial charge >= 0.3 is 5.97 Å². The molecule has 8 rings (SSSR count). The van der Waals surface area contributed by atoms with Crippen LogP contribution in [0.15, 0.2) is 42.5 Å². The summed E-state index contributed by atoms with van der Waals surface area (Å²) in [7, 11) is 0. The number of thiophene rings is 1. The number of carbonyl (C=O) groups excluding carboxylic acids is 2. The molecule has 202 valence electrons. The molecule has 5 aliphatic carbocycles. The van der Waals surface area contributed by atoms with Gasteiger partial charge in [0.15, 0.2) is 5.78 Å². The zero-order valence-electron chi connectivity index (χ0n) is 21.3. The van der Waals surface area contributed by atoms with Crippen LogP contribution < -0.4 is 4.74 Å². The highest BCUT2D eigenvalue weighted by Crippen LogP contribution is 2.62. The summed E-state index contributed by atoms with van der Waals surface area (Å²) < 4.78 is 20.2. The van der Waals surface area contributed by atoms with E-state index in [4.69, 9.17) is 4.74 Å². The van der Waals surface area contributed by atoms with E-state index in [2.05, 4.69) is 4.84 Å². The van der Waals surface area contributed by atoms with Crippen LogP contribution in [0.3, 0.4) is 0 Å². The molecule has 0 amide bonds. The molecular weight excluding hydrogens is 521 g/mol. The van der Waals surface area contributed by atoms with Crippen molar-refractivity contribution >= 4 is 33.2 Å². The molecular formula is C30H28FNO6S. The zero-order chi connectivity index (χ0) is 26.9. The SMILES string of the molecule is O=C(Oc1ccc2c(C(=O)C34CC5CC(CC(C5)C3)C4)c(-c3ccc(F)cc3)sc2c1)C1(CO[N+](=O)[O-])CC1. The summed E-state index contributed by atoms with van der Waals surface area (Å²) in [5.41, 5.74) is 0.159. The van der Waals surface area contributed by atoms with Crippen LogP contribution in [0.25, 0.3) is 20.5 Å². The van der Waals surface area contributed by atoms with Crippen molar-refractivity contribution in [1.82, 2.24) is 0 Å². The van der Waals surface area contributed by atoms with Crippen LogP contribution in [0, 0.1) is 44.5 Å². The molecule has 0 atom stereocenters. The molecule has 5 fully saturated rings. The summed E-state index contributed by atoms with van der Waals surface area (Å²) >= 11 is 1.45. The first-order valence-corrected chi connectivity index (χ1v) is 14.4. The molecule has 0 N–H and O–H groups in total. The Balaban J connectivity index is 1.26. The number of rotatable bonds is 8. The molecule has 4 bridgehead atoms. The first kappa shape index (κ1) is 24.7. The van der Waals surface area contributed by atoms with E-state index < -0.39 is 16.5 Å². The summed E-state index contributed by atoms with van der Waals surface area (Å²) in [6, 6.07) is 11.5. The van der Waals surface area contributed by atoms with E-state index in [1.165, 1.54) is 42.7 Å². The lowest BCUT2D eigenvalue weighted by Crippen LogP contribution is -2.50. The summed E-state index contributed by atoms with van der Waals surface area (Å²) in [6.45, 7) is -0.321. The molecule has 3 aromatic rings. The molecule has 1 aromatic heterocycles. The average molecular weight is 550 g/mol. The second kappa shape index (κ2) is 8.84. The molecule has 39 heavy (non-hydrogen) atoms. The maximum absolute atomic E-state index is 14.5. The second-order valence-electron chi connectivity index (χ2n) is 12.2. The van der Waals surface area contributed by atoms with Crippen LogP contribution in [0.4, 0.5) is 4.39 Å². The number of ether oxygens (including phenoxy) is 1. The lowest BCUT2D eigenvalue weighted by molar-refractivity contribution is -0.759. The normalized spacial score (nSPS) is 27.9. The van der Waals surface area contributed by atoms with Gasteiger partial charge in [-0.2, -0.15) is 0 Å². The highest BCUT2D eigenvalue weighted by molar-refractivity contribution is 7.22. The van der Waals surface area contributed by atoms with Gasteiger partial charge in [-0.15, -0.1) is 21.5 Å². The fourth-order valence-corrected chi connectivity index (χ4v) is 9.01. The van der Waals surface area contributed by atoms with Crippen LogP contribution in [0.2, 0.25) is 0 Å². The summed E-state index contributed by atoms with van der Waals surface area (Å²) in [5.74, 6) is 1.51. The predicted octanol–water partition coefficient (Wildman–Crippen LogP) is 7.00. The lowest BCUT2D eigenvalue weighted by atomic mass is 9.48. The van der Waals surface area contributed by atoms with Crippen LogP contribution >= 0.6 is 11.3 Å². The van der Waals surface area contributed by atoms with Crippen LogP contribution in [0.1, 0.15) is 61.7 Å². The number of hydrogen-bond donors (Lipinski definition) is 0. The quantitative estimate of drug-likeness (QED) is 0.0987. The zero-order valence-corrected chi connectivity index (χ0v) is 22.1. The van der Waals surface area contributed by atoms with Gasteiger partial charge in [0.1, 0.15) is 18.2 Å². The Bertz CT molecular complexity index is 1470. The van der Waals surface area contributed by atoms with Crippen molar-refractivity contribution in [2.24, 2.45) is 28.6 Å². The number of benzene rings is 2. The first-order chi connectivity index (χ1) is 18.7. The number of Topliss-reactive ketones (excluding diaryl/α,β-unsaturated/α-hetero) is 1. The van der Waals surface area contributed by atoms with Gasteiger partial charge in [0, 0.05) is 25.9 Å². The van der Waals surface area contributed by atoms with Crippen molar-refractivity contribution < 1.29 is 28.6 Å². The number of fused-ring (bicyclic) bond motifs is 1. The molecule has 7 nitrogen and oxygen atoms in total. The summed E-state index contributed by atoms with van der Waals surface area (Å²) in [5, 5.41) is 10.5. The Morgan fingerprint density at radius 2 is 1.64 bits per heavy atom. The molecule has 5 aliphatic rings. The third kappa shape index (κ3) is 4.22.